The Morgan fingerprint density at radius 3 is 2.68 bits per heavy atom. The number of fused-ring (bicyclic) bond motifs is 1. The summed E-state index contributed by atoms with van der Waals surface area (Å²) < 4.78 is 5.64. The zero-order valence-corrected chi connectivity index (χ0v) is 16.4. The van der Waals surface area contributed by atoms with Crippen LogP contribution in [0.2, 0.25) is 0 Å². The average Bonchev–Trinajstić information content (AvgIpc) is 3.09. The SMILES string of the molecule is CCCCOc1nc(N)c2c(n1)C(C(O)c1ccc(CN3CCC3)cc1)=CC2. The van der Waals surface area contributed by atoms with E-state index in [1.807, 2.05) is 18.2 Å². The van der Waals surface area contributed by atoms with Crippen molar-refractivity contribution in [3.05, 3.63) is 52.7 Å². The molecule has 1 unspecified atom stereocenters. The van der Waals surface area contributed by atoms with Gasteiger partial charge in [0.15, 0.2) is 0 Å². The van der Waals surface area contributed by atoms with E-state index in [9.17, 15) is 5.11 Å². The quantitative estimate of drug-likeness (QED) is 0.685. The molecule has 3 N–H and O–H groups in total. The van der Waals surface area contributed by atoms with Gasteiger partial charge in [-0.2, -0.15) is 9.97 Å². The highest BCUT2D eigenvalue weighted by Crippen LogP contribution is 2.38. The number of hydrogen-bond donors (Lipinski definition) is 2. The van der Waals surface area contributed by atoms with Crippen LogP contribution in [0.3, 0.4) is 0 Å². The molecule has 2 aromatic rings. The molecule has 1 aromatic heterocycles. The van der Waals surface area contributed by atoms with E-state index in [4.69, 9.17) is 10.5 Å². The first-order valence-corrected chi connectivity index (χ1v) is 10.1. The van der Waals surface area contributed by atoms with Gasteiger partial charge in [0.1, 0.15) is 11.9 Å². The number of nitrogens with zero attached hydrogens (tertiary/aromatic N) is 3. The predicted octanol–water partition coefficient (Wildman–Crippen LogP) is 3.12. The first-order valence-electron chi connectivity index (χ1n) is 10.1. The van der Waals surface area contributed by atoms with Gasteiger partial charge >= 0.3 is 6.01 Å². The maximum Gasteiger partial charge on any atom is 0.318 e. The van der Waals surface area contributed by atoms with Crippen LogP contribution in [0.1, 0.15) is 54.7 Å². The highest BCUT2D eigenvalue weighted by molar-refractivity contribution is 5.77. The molecular formula is C22H28N4O2. The number of likely N-dealkylation sites (tertiary alicyclic amines) is 1. The van der Waals surface area contributed by atoms with Crippen molar-refractivity contribution in [3.63, 3.8) is 0 Å². The van der Waals surface area contributed by atoms with Crippen molar-refractivity contribution in [2.75, 3.05) is 25.4 Å². The Hall–Kier alpha value is -2.44. The van der Waals surface area contributed by atoms with Crippen LogP contribution in [0.4, 0.5) is 5.82 Å². The number of benzene rings is 1. The largest absolute Gasteiger partial charge is 0.463 e. The number of nitrogen functional groups attached to an aromatic ring is 1. The summed E-state index contributed by atoms with van der Waals surface area (Å²) in [5.41, 5.74) is 10.6. The molecule has 1 aromatic carbocycles. The van der Waals surface area contributed by atoms with E-state index in [1.165, 1.54) is 25.1 Å². The van der Waals surface area contributed by atoms with Gasteiger partial charge in [0.05, 0.1) is 12.3 Å². The summed E-state index contributed by atoms with van der Waals surface area (Å²) in [5.74, 6) is 0.430. The molecule has 0 bridgehead atoms. The van der Waals surface area contributed by atoms with Crippen molar-refractivity contribution >= 4 is 11.4 Å². The highest BCUT2D eigenvalue weighted by Gasteiger charge is 2.27. The number of allylic oxidation sites excluding steroid dienone is 1. The minimum atomic E-state index is -0.739. The number of unbranched alkanes of at least 4 members (excludes halogenated alkanes) is 1. The van der Waals surface area contributed by atoms with Crippen LogP contribution in [-0.4, -0.2) is 39.7 Å². The van der Waals surface area contributed by atoms with Gasteiger partial charge in [0.2, 0.25) is 0 Å². The van der Waals surface area contributed by atoms with Gasteiger partial charge in [-0.3, -0.25) is 4.90 Å². The molecular weight excluding hydrogens is 352 g/mol. The molecule has 28 heavy (non-hydrogen) atoms. The number of rotatable bonds is 8. The first-order chi connectivity index (χ1) is 13.7. The Kier molecular flexibility index (Phi) is 5.59. The molecule has 2 heterocycles. The van der Waals surface area contributed by atoms with E-state index in [0.717, 1.165) is 36.1 Å². The molecule has 148 valence electrons. The summed E-state index contributed by atoms with van der Waals surface area (Å²) >= 11 is 0. The zero-order chi connectivity index (χ0) is 19.5. The van der Waals surface area contributed by atoms with Crippen LogP contribution in [0, 0.1) is 0 Å². The standard InChI is InChI=1S/C22H28N4O2/c1-2-3-13-28-22-24-19-17(9-10-18(19)21(23)25-22)20(27)16-7-5-15(6-8-16)14-26-11-4-12-26/h5-9,20,27H,2-4,10-14H2,1H3,(H2,23,24,25). The van der Waals surface area contributed by atoms with Crippen LogP contribution in [0.5, 0.6) is 6.01 Å². The maximum atomic E-state index is 11.0. The molecule has 1 aliphatic heterocycles. The fourth-order valence-corrected chi connectivity index (χ4v) is 3.63. The summed E-state index contributed by atoms with van der Waals surface area (Å²) in [7, 11) is 0. The monoisotopic (exact) mass is 380 g/mol. The zero-order valence-electron chi connectivity index (χ0n) is 16.4. The maximum absolute atomic E-state index is 11.0. The summed E-state index contributed by atoms with van der Waals surface area (Å²) in [4.78, 5) is 11.2. The van der Waals surface area contributed by atoms with Crippen molar-refractivity contribution in [2.24, 2.45) is 0 Å². The molecule has 0 radical (unpaired) electrons. The van der Waals surface area contributed by atoms with Crippen molar-refractivity contribution < 1.29 is 9.84 Å². The Bertz CT molecular complexity index is 860. The number of aliphatic hydroxyl groups excluding tert-OH is 1. The molecule has 0 amide bonds. The molecule has 1 atom stereocenters. The minimum Gasteiger partial charge on any atom is -0.463 e. The van der Waals surface area contributed by atoms with Gasteiger partial charge in [0, 0.05) is 17.7 Å². The number of anilines is 1. The van der Waals surface area contributed by atoms with E-state index < -0.39 is 6.10 Å². The molecule has 4 rings (SSSR count). The number of aromatic nitrogens is 2. The normalized spacial score (nSPS) is 17.0. The lowest BCUT2D eigenvalue weighted by molar-refractivity contribution is 0.172. The molecule has 1 saturated heterocycles. The van der Waals surface area contributed by atoms with Crippen molar-refractivity contribution in [1.82, 2.24) is 14.9 Å². The molecule has 2 aliphatic rings. The summed E-state index contributed by atoms with van der Waals surface area (Å²) in [6, 6.07) is 8.49. The lowest BCUT2D eigenvalue weighted by Crippen LogP contribution is -2.36. The van der Waals surface area contributed by atoms with Gasteiger partial charge in [-0.1, -0.05) is 43.7 Å². The molecule has 6 nitrogen and oxygen atoms in total. The van der Waals surface area contributed by atoms with Crippen LogP contribution in [0.25, 0.3) is 5.57 Å². The van der Waals surface area contributed by atoms with Gasteiger partial charge in [-0.15, -0.1) is 0 Å². The van der Waals surface area contributed by atoms with Gasteiger partial charge in [0.25, 0.3) is 0 Å². The van der Waals surface area contributed by atoms with E-state index in [2.05, 4.69) is 33.9 Å². The molecule has 6 heteroatoms. The Morgan fingerprint density at radius 2 is 2.00 bits per heavy atom. The van der Waals surface area contributed by atoms with Gasteiger partial charge in [-0.05, 0) is 43.5 Å². The van der Waals surface area contributed by atoms with E-state index in [-0.39, 0.29) is 6.01 Å². The fraction of sp³-hybridized carbons (Fsp3) is 0.455. The number of aliphatic hydroxyl groups is 1. The topological polar surface area (TPSA) is 84.5 Å². The highest BCUT2D eigenvalue weighted by atomic mass is 16.5. The fourth-order valence-electron chi connectivity index (χ4n) is 3.63. The van der Waals surface area contributed by atoms with Crippen LogP contribution in [-0.2, 0) is 13.0 Å². The number of hydrogen-bond acceptors (Lipinski definition) is 6. The van der Waals surface area contributed by atoms with Gasteiger partial charge in [-0.25, -0.2) is 0 Å². The summed E-state index contributed by atoms with van der Waals surface area (Å²) in [6.07, 6.45) is 5.16. The second-order valence-corrected chi connectivity index (χ2v) is 7.56. The van der Waals surface area contributed by atoms with E-state index in [0.29, 0.717) is 24.5 Å². The third kappa shape index (κ3) is 3.88. The van der Waals surface area contributed by atoms with Crippen molar-refractivity contribution in [1.29, 1.82) is 0 Å². The Morgan fingerprint density at radius 1 is 1.21 bits per heavy atom. The average molecular weight is 380 g/mol. The first kappa shape index (κ1) is 18.9. The van der Waals surface area contributed by atoms with Crippen LogP contribution < -0.4 is 10.5 Å². The summed E-state index contributed by atoms with van der Waals surface area (Å²) in [5, 5.41) is 11.0. The van der Waals surface area contributed by atoms with Crippen LogP contribution >= 0.6 is 0 Å². The number of ether oxygens (including phenoxy) is 1. The van der Waals surface area contributed by atoms with E-state index in [1.54, 1.807) is 0 Å². The lowest BCUT2D eigenvalue weighted by Gasteiger charge is -2.30. The number of nitrogens with two attached hydrogens (primary N) is 1. The third-order valence-corrected chi connectivity index (χ3v) is 5.49. The molecule has 1 fully saturated rings. The predicted molar refractivity (Wildman–Crippen MR) is 110 cm³/mol. The molecule has 1 aliphatic carbocycles. The Balaban J connectivity index is 1.50. The van der Waals surface area contributed by atoms with Crippen LogP contribution in [0.15, 0.2) is 30.3 Å². The second-order valence-electron chi connectivity index (χ2n) is 7.56. The minimum absolute atomic E-state index is 0.287. The smallest absolute Gasteiger partial charge is 0.318 e. The third-order valence-electron chi connectivity index (χ3n) is 5.49. The molecule has 0 saturated carbocycles. The summed E-state index contributed by atoms with van der Waals surface area (Å²) in [6.45, 7) is 6.00. The second kappa shape index (κ2) is 8.29. The Labute approximate surface area is 166 Å². The van der Waals surface area contributed by atoms with Crippen molar-refractivity contribution in [2.45, 2.75) is 45.3 Å². The van der Waals surface area contributed by atoms with E-state index >= 15 is 0 Å². The molecule has 0 spiro atoms. The lowest BCUT2D eigenvalue weighted by atomic mass is 9.99. The van der Waals surface area contributed by atoms with Gasteiger partial charge < -0.3 is 15.6 Å². The van der Waals surface area contributed by atoms with Crippen molar-refractivity contribution in [3.8, 4) is 6.01 Å².